The lowest BCUT2D eigenvalue weighted by molar-refractivity contribution is -0.140. The molecule has 2 N–H and O–H groups in total. The van der Waals surface area contributed by atoms with Crippen molar-refractivity contribution in [1.29, 1.82) is 0 Å². The van der Waals surface area contributed by atoms with E-state index in [1.807, 2.05) is 38.1 Å². The van der Waals surface area contributed by atoms with Crippen LogP contribution in [0.25, 0.3) is 0 Å². The number of benzene rings is 2. The maximum absolute atomic E-state index is 11.5. The number of halogens is 3. The highest BCUT2D eigenvalue weighted by Crippen LogP contribution is 2.27. The fourth-order valence-corrected chi connectivity index (χ4v) is 3.47. The predicted octanol–water partition coefficient (Wildman–Crippen LogP) is 5.92. The monoisotopic (exact) mass is 473 g/mol. The van der Waals surface area contributed by atoms with Crippen LogP contribution >= 0.6 is 39.1 Å². The predicted molar refractivity (Wildman–Crippen MR) is 113 cm³/mol. The van der Waals surface area contributed by atoms with Gasteiger partial charge < -0.3 is 15.2 Å². The third-order valence-electron chi connectivity index (χ3n) is 3.96. The van der Waals surface area contributed by atoms with Crippen LogP contribution in [0.3, 0.4) is 0 Å². The molecular formula is C20H22BrCl2NO3. The molecule has 0 fully saturated rings. The fraction of sp³-hybridized carbons (Fsp3) is 0.350. The van der Waals surface area contributed by atoms with Crippen molar-refractivity contribution < 1.29 is 14.6 Å². The van der Waals surface area contributed by atoms with Crippen molar-refractivity contribution in [2.24, 2.45) is 5.92 Å². The molecule has 0 heterocycles. The first kappa shape index (κ1) is 22.0. The molecule has 0 aliphatic carbocycles. The molecule has 0 amide bonds. The molecule has 2 aromatic rings. The molecule has 0 aliphatic heterocycles. The molecular weight excluding hydrogens is 453 g/mol. The zero-order valence-corrected chi connectivity index (χ0v) is 18.2. The maximum Gasteiger partial charge on any atom is 0.320 e. The Labute approximate surface area is 178 Å². The van der Waals surface area contributed by atoms with Crippen LogP contribution in [0.1, 0.15) is 31.4 Å². The van der Waals surface area contributed by atoms with E-state index in [2.05, 4.69) is 21.2 Å². The third kappa shape index (κ3) is 7.00. The standard InChI is InChI=1S/C20H22BrCl2NO3/c1-12(2)7-18(20(25)26)24-10-14-8-15(21)4-6-19(14)27-11-13-3-5-16(22)9-17(13)23/h3-6,8-9,12,18,24H,7,10-11H2,1-2H3,(H,25,26). The first-order chi connectivity index (χ1) is 12.8. The van der Waals surface area contributed by atoms with E-state index in [-0.39, 0.29) is 5.92 Å². The lowest BCUT2D eigenvalue weighted by Crippen LogP contribution is -2.37. The number of hydrogen-bond donors (Lipinski definition) is 2. The van der Waals surface area contributed by atoms with E-state index in [9.17, 15) is 9.90 Å². The van der Waals surface area contributed by atoms with Crippen molar-refractivity contribution in [3.05, 3.63) is 62.0 Å². The minimum Gasteiger partial charge on any atom is -0.489 e. The summed E-state index contributed by atoms with van der Waals surface area (Å²) in [5, 5.41) is 13.6. The van der Waals surface area contributed by atoms with Gasteiger partial charge in [-0.05, 0) is 42.7 Å². The van der Waals surface area contributed by atoms with Crippen LogP contribution in [0.2, 0.25) is 10.0 Å². The second-order valence-electron chi connectivity index (χ2n) is 6.68. The second kappa shape index (κ2) is 10.3. The number of hydrogen-bond acceptors (Lipinski definition) is 3. The van der Waals surface area contributed by atoms with Gasteiger partial charge in [0.05, 0.1) is 0 Å². The Hall–Kier alpha value is -1.27. The Bertz CT molecular complexity index is 799. The summed E-state index contributed by atoms with van der Waals surface area (Å²) in [5.74, 6) is 0.100. The van der Waals surface area contributed by atoms with E-state index in [0.29, 0.717) is 35.4 Å². The van der Waals surface area contributed by atoms with Gasteiger partial charge in [-0.3, -0.25) is 4.79 Å². The van der Waals surface area contributed by atoms with Gasteiger partial charge in [0.25, 0.3) is 0 Å². The Morgan fingerprint density at radius 1 is 1.19 bits per heavy atom. The molecule has 0 saturated carbocycles. The number of carbonyl (C=O) groups is 1. The third-order valence-corrected chi connectivity index (χ3v) is 5.05. The van der Waals surface area contributed by atoms with Gasteiger partial charge in [0.1, 0.15) is 18.4 Å². The molecule has 2 rings (SSSR count). The van der Waals surface area contributed by atoms with Crippen LogP contribution in [-0.4, -0.2) is 17.1 Å². The first-order valence-corrected chi connectivity index (χ1v) is 10.1. The molecule has 0 aromatic heterocycles. The van der Waals surface area contributed by atoms with Crippen molar-refractivity contribution in [1.82, 2.24) is 5.32 Å². The van der Waals surface area contributed by atoms with Gasteiger partial charge >= 0.3 is 5.97 Å². The summed E-state index contributed by atoms with van der Waals surface area (Å²) in [6, 6.07) is 10.3. The van der Waals surface area contributed by atoms with E-state index in [1.54, 1.807) is 12.1 Å². The van der Waals surface area contributed by atoms with Crippen molar-refractivity contribution in [3.8, 4) is 5.75 Å². The van der Waals surface area contributed by atoms with Crippen LogP contribution in [0.15, 0.2) is 40.9 Å². The molecule has 0 aliphatic rings. The molecule has 4 nitrogen and oxygen atoms in total. The topological polar surface area (TPSA) is 58.6 Å². The summed E-state index contributed by atoms with van der Waals surface area (Å²) >= 11 is 15.6. The van der Waals surface area contributed by atoms with Crippen molar-refractivity contribution >= 4 is 45.1 Å². The van der Waals surface area contributed by atoms with Crippen molar-refractivity contribution in [2.45, 2.75) is 39.5 Å². The van der Waals surface area contributed by atoms with Gasteiger partial charge in [0.2, 0.25) is 0 Å². The normalized spacial score (nSPS) is 12.2. The highest BCUT2D eigenvalue weighted by Gasteiger charge is 2.19. The summed E-state index contributed by atoms with van der Waals surface area (Å²) in [6.07, 6.45) is 0.555. The van der Waals surface area contributed by atoms with Crippen LogP contribution in [0.5, 0.6) is 5.75 Å². The highest BCUT2D eigenvalue weighted by atomic mass is 79.9. The molecule has 1 atom stereocenters. The van der Waals surface area contributed by atoms with Crippen LogP contribution in [0, 0.1) is 5.92 Å². The smallest absolute Gasteiger partial charge is 0.320 e. The number of ether oxygens (including phenoxy) is 1. The van der Waals surface area contributed by atoms with E-state index >= 15 is 0 Å². The highest BCUT2D eigenvalue weighted by molar-refractivity contribution is 9.10. The van der Waals surface area contributed by atoms with E-state index in [0.717, 1.165) is 15.6 Å². The SMILES string of the molecule is CC(C)CC(NCc1cc(Br)ccc1OCc1ccc(Cl)cc1Cl)C(=O)O. The molecule has 27 heavy (non-hydrogen) atoms. The average molecular weight is 475 g/mol. The lowest BCUT2D eigenvalue weighted by Gasteiger charge is -2.18. The van der Waals surface area contributed by atoms with Crippen molar-refractivity contribution in [3.63, 3.8) is 0 Å². The molecule has 2 aromatic carbocycles. The number of rotatable bonds is 9. The Kier molecular flexibility index (Phi) is 8.42. The van der Waals surface area contributed by atoms with Gasteiger partial charge in [-0.1, -0.05) is 59.0 Å². The summed E-state index contributed by atoms with van der Waals surface area (Å²) in [5.41, 5.74) is 1.69. The summed E-state index contributed by atoms with van der Waals surface area (Å²) in [7, 11) is 0. The molecule has 7 heteroatoms. The summed E-state index contributed by atoms with van der Waals surface area (Å²) < 4.78 is 6.83. The quantitative estimate of drug-likeness (QED) is 0.473. The Balaban J connectivity index is 2.10. The van der Waals surface area contributed by atoms with Crippen molar-refractivity contribution in [2.75, 3.05) is 0 Å². The molecule has 0 radical (unpaired) electrons. The molecule has 0 spiro atoms. The van der Waals surface area contributed by atoms with E-state index < -0.39 is 12.0 Å². The molecule has 1 unspecified atom stereocenters. The maximum atomic E-state index is 11.5. The number of carboxylic acid groups (broad SMARTS) is 1. The zero-order valence-electron chi connectivity index (χ0n) is 15.1. The lowest BCUT2D eigenvalue weighted by atomic mass is 10.0. The van der Waals surface area contributed by atoms with Gasteiger partial charge in [-0.25, -0.2) is 0 Å². The van der Waals surface area contributed by atoms with E-state index in [1.165, 1.54) is 0 Å². The first-order valence-electron chi connectivity index (χ1n) is 8.57. The zero-order chi connectivity index (χ0) is 20.0. The van der Waals surface area contributed by atoms with Gasteiger partial charge in [-0.15, -0.1) is 0 Å². The molecule has 146 valence electrons. The van der Waals surface area contributed by atoms with Crippen LogP contribution < -0.4 is 10.1 Å². The minimum absolute atomic E-state index is 0.281. The summed E-state index contributed by atoms with van der Waals surface area (Å²) in [4.78, 5) is 11.5. The number of aliphatic carboxylic acids is 1. The molecule has 0 saturated heterocycles. The second-order valence-corrected chi connectivity index (χ2v) is 8.44. The minimum atomic E-state index is -0.853. The fourth-order valence-electron chi connectivity index (χ4n) is 2.60. The number of carboxylic acids is 1. The van der Waals surface area contributed by atoms with Gasteiger partial charge in [-0.2, -0.15) is 0 Å². The number of nitrogens with one attached hydrogen (secondary N) is 1. The summed E-state index contributed by atoms with van der Waals surface area (Å²) in [6.45, 7) is 4.67. The van der Waals surface area contributed by atoms with E-state index in [4.69, 9.17) is 27.9 Å². The van der Waals surface area contributed by atoms with Gasteiger partial charge in [0.15, 0.2) is 0 Å². The van der Waals surface area contributed by atoms with Gasteiger partial charge in [0, 0.05) is 32.2 Å². The van der Waals surface area contributed by atoms with Crippen LogP contribution in [0.4, 0.5) is 0 Å². The largest absolute Gasteiger partial charge is 0.489 e. The Morgan fingerprint density at radius 3 is 2.56 bits per heavy atom. The molecule has 0 bridgehead atoms. The average Bonchev–Trinajstić information content (AvgIpc) is 2.58. The van der Waals surface area contributed by atoms with Crippen LogP contribution in [-0.2, 0) is 17.9 Å². The Morgan fingerprint density at radius 2 is 1.93 bits per heavy atom.